The summed E-state index contributed by atoms with van der Waals surface area (Å²) >= 11 is 0. The molecule has 0 bridgehead atoms. The van der Waals surface area contributed by atoms with Crippen LogP contribution in [0.2, 0.25) is 5.67 Å². The Morgan fingerprint density at radius 1 is 0.198 bits per heavy atom. The van der Waals surface area contributed by atoms with Crippen molar-refractivity contribution in [3.8, 4) is 0 Å². The maximum atomic E-state index is 16.1. The predicted molar refractivity (Wildman–Crippen MR) is 296 cm³/mol. The van der Waals surface area contributed by atoms with Crippen molar-refractivity contribution in [3.63, 3.8) is 0 Å². The third kappa shape index (κ3) is 24.0. The molecule has 0 aliphatic heterocycles. The third-order valence-corrected chi connectivity index (χ3v) is 20.2. The van der Waals surface area contributed by atoms with Crippen LogP contribution in [0.1, 0.15) is 41.5 Å². The van der Waals surface area contributed by atoms with E-state index in [-0.39, 0.29) is 0 Å². The molecule has 0 saturated carbocycles. The van der Waals surface area contributed by atoms with E-state index in [1.54, 1.807) is 0 Å². The highest BCUT2D eigenvalue weighted by atomic mass is 28.5. The van der Waals surface area contributed by atoms with Gasteiger partial charge in [-0.2, -0.15) is 158 Å². The van der Waals surface area contributed by atoms with Crippen molar-refractivity contribution in [2.45, 2.75) is 154 Å². The number of ether oxygens (including phenoxy) is 6. The molecule has 0 aliphatic rings. The van der Waals surface area contributed by atoms with Crippen molar-refractivity contribution >= 4 is 53.4 Å². The van der Waals surface area contributed by atoms with Gasteiger partial charge in [0, 0.05) is 33.4 Å². The second-order valence-electron chi connectivity index (χ2n) is 23.3. The number of hydrogen-bond acceptors (Lipinski definition) is 18. The summed E-state index contributed by atoms with van der Waals surface area (Å²) in [5, 5.41) is 0. The second-order valence-corrected chi connectivity index (χ2v) is 29.2. The molecule has 0 atom stereocenters. The predicted octanol–water partition coefficient (Wildman–Crippen LogP) is 14.7. The van der Waals surface area contributed by atoms with E-state index in [1.807, 2.05) is 0 Å². The SMILES string of the molecule is C=C(C)C(=O)OCC(F)(F)C(F)(F)C(F)(F)CO[Si](C[Si](OCC(F)(F)C(F)(F)C(F)(F)COC(=O)C(=C)C)(OCC(F)(F)C(F)(F)C(F)(F)COC(=O)C(=C)C)OCC(F)(F)C(F)(F)C(F)(F)COC(=O)C(=C)C)(OCC(F)(F)C(F)(F)C(F)(F)COC(=O)C(=C)C)OCC(F)(F)C(F)(F)C(F)(F)COC(=O)C(=C)C. The number of carbonyl (C=O) groups excluding carboxylic acids is 6. The Hall–Kier alpha value is -7.07. The van der Waals surface area contributed by atoms with Gasteiger partial charge in [-0.25, -0.2) is 28.8 Å². The molecule has 0 fully saturated rings. The first-order valence-electron chi connectivity index (χ1n) is 28.5. The fourth-order valence-electron chi connectivity index (χ4n) is 6.39. The van der Waals surface area contributed by atoms with Gasteiger partial charge in [0.1, 0.15) is 39.6 Å². The second kappa shape index (κ2) is 35.4. The molecule has 0 aromatic rings. The molecule has 0 rings (SSSR count). The first-order chi connectivity index (χ1) is 48.9. The van der Waals surface area contributed by atoms with Crippen LogP contribution in [0.25, 0.3) is 0 Å². The van der Waals surface area contributed by atoms with Crippen LogP contribution in [-0.4, -0.2) is 239 Å². The van der Waals surface area contributed by atoms with Gasteiger partial charge >= 0.3 is 160 Å². The van der Waals surface area contributed by atoms with Gasteiger partial charge in [-0.3, -0.25) is 0 Å². The highest BCUT2D eigenvalue weighted by Crippen LogP contribution is 2.55. The van der Waals surface area contributed by atoms with Gasteiger partial charge in [0.05, 0.1) is 5.67 Å². The van der Waals surface area contributed by atoms with Gasteiger partial charge in [-0.05, 0) is 41.5 Å². The lowest BCUT2D eigenvalue weighted by atomic mass is 10.1. The Labute approximate surface area is 600 Å². The number of rotatable bonds is 50. The molecule has 0 amide bonds. The van der Waals surface area contributed by atoms with Gasteiger partial charge < -0.3 is 55.0 Å². The van der Waals surface area contributed by atoms with Crippen LogP contribution >= 0.6 is 0 Å². The van der Waals surface area contributed by atoms with Crippen molar-refractivity contribution in [2.75, 3.05) is 79.3 Å². The van der Waals surface area contributed by atoms with E-state index in [9.17, 15) is 28.8 Å². The van der Waals surface area contributed by atoms with Gasteiger partial charge in [-0.15, -0.1) is 0 Å². The Kier molecular flexibility index (Phi) is 33.1. The molecule has 0 aliphatic carbocycles. The highest BCUT2D eigenvalue weighted by molar-refractivity contribution is 6.80. The van der Waals surface area contributed by atoms with Crippen LogP contribution < -0.4 is 0 Å². The summed E-state index contributed by atoms with van der Waals surface area (Å²) in [5.74, 6) is -150. The Bertz CT molecular complexity index is 2860. The van der Waals surface area contributed by atoms with Gasteiger partial charge in [0.25, 0.3) is 0 Å². The molecule has 0 spiro atoms. The number of esters is 6. The van der Waals surface area contributed by atoms with Crippen LogP contribution in [0.4, 0.5) is 158 Å². The first kappa shape index (κ1) is 104. The monoisotopic (exact) mass is 1740 g/mol. The number of alkyl halides is 36. The summed E-state index contributed by atoms with van der Waals surface area (Å²) in [4.78, 5) is 70.9. The lowest BCUT2D eigenvalue weighted by Gasteiger charge is -2.42. The summed E-state index contributed by atoms with van der Waals surface area (Å²) in [5.41, 5.74) is -11.9. The minimum atomic E-state index is -9.69. The zero-order chi connectivity index (χ0) is 88.6. The number of hydrogen-bond donors (Lipinski definition) is 0. The van der Waals surface area contributed by atoms with Crippen molar-refractivity contribution < 1.29 is 242 Å². The quantitative estimate of drug-likeness (QED) is 0.0182. The topological polar surface area (TPSA) is 213 Å². The fourth-order valence-corrected chi connectivity index (χ4v) is 13.9. The average Bonchev–Trinajstić information content (AvgIpc) is 0.754. The van der Waals surface area contributed by atoms with Crippen LogP contribution in [0.15, 0.2) is 72.9 Å². The summed E-state index contributed by atoms with van der Waals surface area (Å²) in [6, 6.07) is 0. The molecule has 0 N–H and O–H groups in total. The van der Waals surface area contributed by atoms with E-state index in [0.717, 1.165) is 0 Å². The molecular formula is C55H56F36O18Si2. The summed E-state index contributed by atoms with van der Waals surface area (Å²) in [7, 11) is -19.4. The maximum absolute atomic E-state index is 16.1. The van der Waals surface area contributed by atoms with Gasteiger partial charge in [0.2, 0.25) is 0 Å². The Morgan fingerprint density at radius 3 is 0.378 bits per heavy atom. The fraction of sp³-hybridized carbons (Fsp3) is 0.673. The molecule has 0 radical (unpaired) electrons. The summed E-state index contributed by atoms with van der Waals surface area (Å²) in [6.07, 6.45) is 0. The normalized spacial score (nSPS) is 14.4. The molecule has 0 heterocycles. The zero-order valence-electron chi connectivity index (χ0n) is 56.4. The molecular weight excluding hydrogens is 1690 g/mol. The standard InChI is InChI=1S/C55H56F36O18Si2/c1-26(2)32(92)98-13-38(56,57)50(80,81)44(68,69)19-104-110(105-20-45(70,71)51(82,83)39(58,59)14-99-33(93)27(3)4,106-21-46(72,73)52(84,85)40(60,61)15-100-34(94)28(5)6)25-111(107-22-47(74,75)53(86,87)41(62,63)16-101-35(95)29(7)8,108-23-48(76,77)54(88,89)42(64,65)17-102-36(96)30(9)10)109-24-49(78,79)55(90,91)43(66,67)18-103-37(97)31(11)12/h1,3,5,7,9,11,13-25H2,2,4,6,8,10,12H3. The zero-order valence-corrected chi connectivity index (χ0v) is 58.4. The Morgan fingerprint density at radius 2 is 0.288 bits per heavy atom. The van der Waals surface area contributed by atoms with Crippen molar-refractivity contribution in [2.24, 2.45) is 0 Å². The van der Waals surface area contributed by atoms with E-state index in [1.165, 1.54) is 0 Å². The van der Waals surface area contributed by atoms with Crippen molar-refractivity contribution in [1.29, 1.82) is 0 Å². The van der Waals surface area contributed by atoms with E-state index >= 15 is 158 Å². The molecule has 644 valence electrons. The van der Waals surface area contributed by atoms with E-state index in [2.05, 4.69) is 94.5 Å². The molecule has 0 saturated heterocycles. The van der Waals surface area contributed by atoms with Gasteiger partial charge in [-0.1, -0.05) is 39.5 Å². The minimum absolute atomic E-state index is 0.426. The molecule has 0 aromatic carbocycles. The first-order valence-corrected chi connectivity index (χ1v) is 32.4. The summed E-state index contributed by atoms with van der Waals surface area (Å²) in [6.45, 7) is -31.8. The molecule has 0 unspecified atom stereocenters. The molecule has 0 aromatic heterocycles. The average molecular weight is 1750 g/mol. The number of halogens is 36. The molecule has 111 heavy (non-hydrogen) atoms. The van der Waals surface area contributed by atoms with Crippen LogP contribution in [-0.2, 0) is 83.7 Å². The summed E-state index contributed by atoms with van der Waals surface area (Å²) < 4.78 is 608. The smallest absolute Gasteiger partial charge is 0.456 e. The highest BCUT2D eigenvalue weighted by Gasteiger charge is 2.80. The van der Waals surface area contributed by atoms with Crippen LogP contribution in [0.3, 0.4) is 0 Å². The van der Waals surface area contributed by atoms with Gasteiger partial charge in [0.15, 0.2) is 39.6 Å². The third-order valence-electron chi connectivity index (χ3n) is 13.2. The Balaban J connectivity index is 10.8. The molecule has 18 nitrogen and oxygen atoms in total. The van der Waals surface area contributed by atoms with Crippen molar-refractivity contribution in [1.82, 2.24) is 0 Å². The van der Waals surface area contributed by atoms with Crippen LogP contribution in [0, 0.1) is 0 Å². The van der Waals surface area contributed by atoms with Crippen molar-refractivity contribution in [3.05, 3.63) is 72.9 Å². The van der Waals surface area contributed by atoms with E-state index < -0.39 is 278 Å². The van der Waals surface area contributed by atoms with E-state index in [4.69, 9.17) is 0 Å². The lowest BCUT2D eigenvalue weighted by molar-refractivity contribution is -0.333. The largest absolute Gasteiger partial charge is 0.506 e. The lowest BCUT2D eigenvalue weighted by Crippen LogP contribution is -2.68. The molecule has 56 heteroatoms. The number of carbonyl (C=O) groups is 6. The maximum Gasteiger partial charge on any atom is 0.506 e. The van der Waals surface area contributed by atoms with E-state index in [0.29, 0.717) is 41.5 Å². The van der Waals surface area contributed by atoms with Crippen LogP contribution in [0.5, 0.6) is 0 Å². The minimum Gasteiger partial charge on any atom is -0.456 e.